The number of halogens is 2. The Hall–Kier alpha value is -0.710. The molecule has 0 aliphatic carbocycles. The molecule has 0 saturated carbocycles. The minimum Gasteiger partial charge on any atom is -0.313 e. The second-order valence-electron chi connectivity index (χ2n) is 3.69. The zero-order valence-corrected chi connectivity index (χ0v) is 11.9. The van der Waals surface area contributed by atoms with E-state index in [0.717, 1.165) is 28.0 Å². The van der Waals surface area contributed by atoms with Crippen molar-refractivity contribution >= 4 is 27.3 Å². The lowest BCUT2D eigenvalue weighted by molar-refractivity contribution is 0.629. The van der Waals surface area contributed by atoms with E-state index < -0.39 is 0 Å². The van der Waals surface area contributed by atoms with Crippen molar-refractivity contribution in [2.75, 3.05) is 6.54 Å². The molecule has 0 amide bonds. The van der Waals surface area contributed by atoms with E-state index in [1.165, 1.54) is 6.07 Å². The summed E-state index contributed by atoms with van der Waals surface area (Å²) in [5.41, 5.74) is 1.77. The summed E-state index contributed by atoms with van der Waals surface area (Å²) >= 11 is 4.98. The van der Waals surface area contributed by atoms with Gasteiger partial charge in [-0.25, -0.2) is 4.39 Å². The van der Waals surface area contributed by atoms with Crippen LogP contribution in [-0.2, 0) is 6.54 Å². The van der Waals surface area contributed by atoms with Crippen LogP contribution in [0, 0.1) is 5.82 Å². The van der Waals surface area contributed by atoms with Crippen molar-refractivity contribution in [3.05, 3.63) is 45.5 Å². The van der Waals surface area contributed by atoms with Crippen LogP contribution in [0.15, 0.2) is 34.1 Å². The largest absolute Gasteiger partial charge is 0.313 e. The van der Waals surface area contributed by atoms with Gasteiger partial charge in [0.15, 0.2) is 0 Å². The summed E-state index contributed by atoms with van der Waals surface area (Å²) in [4.78, 5) is 0.945. The maximum absolute atomic E-state index is 13.8. The summed E-state index contributed by atoms with van der Waals surface area (Å²) in [6, 6.07) is 7.21. The summed E-state index contributed by atoms with van der Waals surface area (Å²) in [6.07, 6.45) is 0. The minimum atomic E-state index is -0.173. The molecular formula is C13H13BrFNS. The Morgan fingerprint density at radius 1 is 1.35 bits per heavy atom. The lowest BCUT2D eigenvalue weighted by atomic mass is 10.1. The first-order valence-corrected chi connectivity index (χ1v) is 7.12. The number of hydrogen-bond acceptors (Lipinski definition) is 2. The Labute approximate surface area is 113 Å². The Morgan fingerprint density at radius 2 is 2.18 bits per heavy atom. The quantitative estimate of drug-likeness (QED) is 0.880. The van der Waals surface area contributed by atoms with Crippen molar-refractivity contribution < 1.29 is 4.39 Å². The Bertz CT molecular complexity index is 510. The molecule has 1 heterocycles. The highest BCUT2D eigenvalue weighted by molar-refractivity contribution is 9.10. The van der Waals surface area contributed by atoms with E-state index in [1.54, 1.807) is 11.3 Å². The van der Waals surface area contributed by atoms with Crippen molar-refractivity contribution in [1.82, 2.24) is 5.32 Å². The zero-order valence-electron chi connectivity index (χ0n) is 9.47. The predicted molar refractivity (Wildman–Crippen MR) is 74.8 cm³/mol. The van der Waals surface area contributed by atoms with Crippen LogP contribution in [0.2, 0.25) is 0 Å². The summed E-state index contributed by atoms with van der Waals surface area (Å²) < 4.78 is 14.7. The number of nitrogens with one attached hydrogen (secondary N) is 1. The fraction of sp³-hybridized carbons (Fsp3) is 0.231. The van der Waals surface area contributed by atoms with Crippen molar-refractivity contribution in [3.63, 3.8) is 0 Å². The number of hydrogen-bond donors (Lipinski definition) is 1. The highest BCUT2D eigenvalue weighted by Gasteiger charge is 2.10. The van der Waals surface area contributed by atoms with Gasteiger partial charge in [-0.2, -0.15) is 0 Å². The van der Waals surface area contributed by atoms with Gasteiger partial charge < -0.3 is 5.32 Å². The molecule has 0 spiro atoms. The van der Waals surface area contributed by atoms with E-state index in [1.807, 2.05) is 23.6 Å². The molecule has 0 atom stereocenters. The van der Waals surface area contributed by atoms with Gasteiger partial charge in [-0.05, 0) is 51.6 Å². The third-order valence-corrected chi connectivity index (χ3v) is 4.34. The van der Waals surface area contributed by atoms with Crippen molar-refractivity contribution in [1.29, 1.82) is 0 Å². The van der Waals surface area contributed by atoms with Crippen LogP contribution in [0.4, 0.5) is 4.39 Å². The van der Waals surface area contributed by atoms with Gasteiger partial charge in [0.1, 0.15) is 5.82 Å². The average Bonchev–Trinajstić information content (AvgIpc) is 2.74. The molecule has 0 bridgehead atoms. The topological polar surface area (TPSA) is 12.0 Å². The highest BCUT2D eigenvalue weighted by Crippen LogP contribution is 2.35. The highest BCUT2D eigenvalue weighted by atomic mass is 79.9. The lowest BCUT2D eigenvalue weighted by Crippen LogP contribution is -2.11. The van der Waals surface area contributed by atoms with E-state index in [4.69, 9.17) is 0 Å². The normalized spacial score (nSPS) is 10.8. The van der Waals surface area contributed by atoms with Crippen LogP contribution in [-0.4, -0.2) is 6.54 Å². The molecule has 17 heavy (non-hydrogen) atoms. The second-order valence-corrected chi connectivity index (χ2v) is 5.46. The Balaban J connectivity index is 2.36. The zero-order chi connectivity index (χ0) is 12.3. The van der Waals surface area contributed by atoms with Crippen LogP contribution in [0.3, 0.4) is 0 Å². The summed E-state index contributed by atoms with van der Waals surface area (Å²) in [7, 11) is 0. The molecule has 0 saturated heterocycles. The smallest absolute Gasteiger partial charge is 0.131 e. The Kier molecular flexibility index (Phi) is 4.31. The van der Waals surface area contributed by atoms with E-state index in [-0.39, 0.29) is 5.82 Å². The van der Waals surface area contributed by atoms with Crippen molar-refractivity contribution in [2.45, 2.75) is 13.5 Å². The molecule has 0 radical (unpaired) electrons. The molecule has 0 aliphatic rings. The predicted octanol–water partition coefficient (Wildman–Crippen LogP) is 4.43. The summed E-state index contributed by atoms with van der Waals surface area (Å²) in [5.74, 6) is -0.173. The molecule has 1 N–H and O–H groups in total. The molecule has 0 fully saturated rings. The first-order valence-electron chi connectivity index (χ1n) is 5.45. The number of benzene rings is 1. The fourth-order valence-corrected chi connectivity index (χ4v) is 3.22. The van der Waals surface area contributed by atoms with Gasteiger partial charge in [-0.15, -0.1) is 11.3 Å². The molecule has 4 heteroatoms. The van der Waals surface area contributed by atoms with E-state index in [2.05, 4.69) is 28.2 Å². The third-order valence-electron chi connectivity index (χ3n) is 2.47. The molecule has 1 nitrogen and oxygen atoms in total. The standard InChI is InChI=1S/C13H13BrFNS/c1-2-16-8-9-3-4-12(15)10(7-9)13-11(14)5-6-17-13/h3-7,16H,2,8H2,1H3. The summed E-state index contributed by atoms with van der Waals surface area (Å²) in [5, 5.41) is 5.19. The molecule has 1 aromatic carbocycles. The molecule has 0 unspecified atom stereocenters. The summed E-state index contributed by atoms with van der Waals surface area (Å²) in [6.45, 7) is 3.74. The second kappa shape index (κ2) is 5.76. The van der Waals surface area contributed by atoms with Gasteiger partial charge in [-0.3, -0.25) is 0 Å². The van der Waals surface area contributed by atoms with Crippen LogP contribution in [0.25, 0.3) is 10.4 Å². The van der Waals surface area contributed by atoms with Crippen LogP contribution in [0.1, 0.15) is 12.5 Å². The van der Waals surface area contributed by atoms with Gasteiger partial charge in [0.25, 0.3) is 0 Å². The van der Waals surface area contributed by atoms with E-state index in [9.17, 15) is 4.39 Å². The van der Waals surface area contributed by atoms with Crippen LogP contribution in [0.5, 0.6) is 0 Å². The average molecular weight is 314 g/mol. The minimum absolute atomic E-state index is 0.173. The maximum atomic E-state index is 13.8. The van der Waals surface area contributed by atoms with Crippen molar-refractivity contribution in [2.24, 2.45) is 0 Å². The molecule has 2 rings (SSSR count). The monoisotopic (exact) mass is 313 g/mol. The third kappa shape index (κ3) is 2.94. The van der Waals surface area contributed by atoms with Crippen LogP contribution >= 0.6 is 27.3 Å². The maximum Gasteiger partial charge on any atom is 0.131 e. The van der Waals surface area contributed by atoms with Gasteiger partial charge in [0, 0.05) is 16.6 Å². The number of rotatable bonds is 4. The van der Waals surface area contributed by atoms with Gasteiger partial charge in [-0.1, -0.05) is 13.0 Å². The van der Waals surface area contributed by atoms with Crippen molar-refractivity contribution in [3.8, 4) is 10.4 Å². The molecule has 90 valence electrons. The molecular weight excluding hydrogens is 301 g/mol. The van der Waals surface area contributed by atoms with E-state index >= 15 is 0 Å². The molecule has 2 aromatic rings. The first-order chi connectivity index (χ1) is 8.22. The van der Waals surface area contributed by atoms with Gasteiger partial charge in [0.2, 0.25) is 0 Å². The SMILES string of the molecule is CCNCc1ccc(F)c(-c2sccc2Br)c1. The molecule has 1 aromatic heterocycles. The van der Waals surface area contributed by atoms with E-state index in [0.29, 0.717) is 5.56 Å². The van der Waals surface area contributed by atoms with Gasteiger partial charge in [0.05, 0.1) is 4.88 Å². The van der Waals surface area contributed by atoms with Crippen LogP contribution < -0.4 is 5.32 Å². The number of thiophene rings is 1. The molecule has 0 aliphatic heterocycles. The fourth-order valence-electron chi connectivity index (χ4n) is 1.61. The Morgan fingerprint density at radius 3 is 2.82 bits per heavy atom. The lowest BCUT2D eigenvalue weighted by Gasteiger charge is -2.06. The van der Waals surface area contributed by atoms with Gasteiger partial charge >= 0.3 is 0 Å². The first kappa shape index (κ1) is 12.7.